The maximum absolute atomic E-state index is 14.1. The van der Waals surface area contributed by atoms with Crippen LogP contribution in [0, 0.1) is 5.92 Å². The number of carboxylic acid groups (broad SMARTS) is 2. The Bertz CT molecular complexity index is 1730. The van der Waals surface area contributed by atoms with E-state index in [0.717, 1.165) is 6.42 Å². The molecule has 0 aliphatic carbocycles. The zero-order valence-electron chi connectivity index (χ0n) is 30.5. The van der Waals surface area contributed by atoms with E-state index in [-0.39, 0.29) is 32.2 Å². The highest BCUT2D eigenvalue weighted by atomic mass is 16.4. The SMILES string of the molecule is O=C1C[C@H](C(=O)N2CCC(Cc3ccccc3)CC2)NC(=O)[C@H](Cc2ccccc2)NC(=O)CC(C(=O)O)NC(=O)[C@@H]2CCCN2C(=O)CCC(C(=O)O)N1. The Hall–Kier alpha value is -5.80. The van der Waals surface area contributed by atoms with Gasteiger partial charge in [-0.3, -0.25) is 28.8 Å². The third kappa shape index (κ3) is 11.4. The highest BCUT2D eigenvalue weighted by Crippen LogP contribution is 2.23. The van der Waals surface area contributed by atoms with Gasteiger partial charge < -0.3 is 41.3 Å². The molecule has 16 heteroatoms. The van der Waals surface area contributed by atoms with Gasteiger partial charge in [0.1, 0.15) is 30.2 Å². The first-order valence-electron chi connectivity index (χ1n) is 18.7. The number of carboxylic acids is 2. The van der Waals surface area contributed by atoms with Gasteiger partial charge in [0.25, 0.3) is 0 Å². The summed E-state index contributed by atoms with van der Waals surface area (Å²) in [6.45, 7) is 0.879. The number of hydrogen-bond acceptors (Lipinski definition) is 8. The fourth-order valence-corrected chi connectivity index (χ4v) is 7.41. The van der Waals surface area contributed by atoms with Gasteiger partial charge in [-0.15, -0.1) is 0 Å². The number of hydrogen-bond donors (Lipinski definition) is 6. The summed E-state index contributed by atoms with van der Waals surface area (Å²) in [4.78, 5) is 109. The molecule has 3 heterocycles. The summed E-state index contributed by atoms with van der Waals surface area (Å²) in [7, 11) is 0. The summed E-state index contributed by atoms with van der Waals surface area (Å²) in [6, 6.07) is 11.5. The molecular formula is C39H48N6O10. The molecule has 0 radical (unpaired) electrons. The van der Waals surface area contributed by atoms with Gasteiger partial charge in [-0.25, -0.2) is 9.59 Å². The van der Waals surface area contributed by atoms with Crippen molar-refractivity contribution in [2.45, 2.75) is 94.4 Å². The largest absolute Gasteiger partial charge is 0.480 e. The first-order chi connectivity index (χ1) is 26.4. The number of benzene rings is 2. The van der Waals surface area contributed by atoms with Gasteiger partial charge in [0, 0.05) is 32.5 Å². The van der Waals surface area contributed by atoms with Crippen LogP contribution in [-0.4, -0.2) is 117 Å². The molecule has 0 bridgehead atoms. The van der Waals surface area contributed by atoms with Crippen LogP contribution in [0.3, 0.4) is 0 Å². The van der Waals surface area contributed by atoms with Crippen molar-refractivity contribution < 1.29 is 48.6 Å². The molecule has 2 unspecified atom stereocenters. The average molecular weight is 761 g/mol. The van der Waals surface area contributed by atoms with Crippen LogP contribution in [0.4, 0.5) is 0 Å². The highest BCUT2D eigenvalue weighted by Gasteiger charge is 2.38. The van der Waals surface area contributed by atoms with E-state index in [0.29, 0.717) is 43.8 Å². The maximum Gasteiger partial charge on any atom is 0.326 e. The Morgan fingerprint density at radius 3 is 1.80 bits per heavy atom. The van der Waals surface area contributed by atoms with E-state index in [2.05, 4.69) is 21.3 Å². The molecule has 2 aromatic carbocycles. The van der Waals surface area contributed by atoms with E-state index >= 15 is 0 Å². The number of aliphatic carboxylic acids is 2. The normalized spacial score (nSPS) is 25.2. The molecule has 0 aromatic heterocycles. The smallest absolute Gasteiger partial charge is 0.326 e. The van der Waals surface area contributed by atoms with Gasteiger partial charge in [0.15, 0.2) is 0 Å². The summed E-state index contributed by atoms with van der Waals surface area (Å²) in [6.07, 6.45) is 0.686. The summed E-state index contributed by atoms with van der Waals surface area (Å²) >= 11 is 0. The number of rotatable bonds is 7. The van der Waals surface area contributed by atoms with E-state index in [1.54, 1.807) is 35.2 Å². The van der Waals surface area contributed by atoms with Crippen molar-refractivity contribution in [1.82, 2.24) is 31.1 Å². The van der Waals surface area contributed by atoms with Gasteiger partial charge >= 0.3 is 11.9 Å². The lowest BCUT2D eigenvalue weighted by molar-refractivity contribution is -0.145. The zero-order chi connectivity index (χ0) is 39.5. The summed E-state index contributed by atoms with van der Waals surface area (Å²) < 4.78 is 0. The second-order valence-electron chi connectivity index (χ2n) is 14.4. The lowest BCUT2D eigenvalue weighted by Crippen LogP contribution is -2.57. The Kier molecular flexibility index (Phi) is 13.9. The standard InChI is InChI=1S/C39H48N6O10/c46-32-22-29(37(51)44-18-15-26(16-19-44)20-24-8-3-1-4-9-24)42-35(49)28(21-25-10-5-2-6-11-25)41-33(47)23-30(39(54)55)43-36(50)31-12-7-17-45(31)34(48)14-13-27(40-32)38(52)53/h1-6,8-11,26-31H,7,12-23H2,(H,40,46)(H,41,47)(H,42,49)(H,43,50)(H,52,53)(H,54,55)/t27?,28-,29+,30?,31-/m0/s1. The van der Waals surface area contributed by atoms with E-state index in [9.17, 15) is 48.6 Å². The van der Waals surface area contributed by atoms with Crippen LogP contribution in [0.5, 0.6) is 0 Å². The van der Waals surface area contributed by atoms with Crippen LogP contribution in [0.15, 0.2) is 60.7 Å². The number of likely N-dealkylation sites (tertiary alicyclic amines) is 1. The molecule has 55 heavy (non-hydrogen) atoms. The first-order valence-corrected chi connectivity index (χ1v) is 18.7. The highest BCUT2D eigenvalue weighted by molar-refractivity contribution is 5.97. The van der Waals surface area contributed by atoms with Crippen molar-refractivity contribution >= 4 is 47.4 Å². The molecule has 6 N–H and O–H groups in total. The fraction of sp³-hybridized carbons (Fsp3) is 0.487. The summed E-state index contributed by atoms with van der Waals surface area (Å²) in [5.74, 6) is -7.14. The van der Waals surface area contributed by atoms with Crippen LogP contribution in [-0.2, 0) is 51.2 Å². The summed E-state index contributed by atoms with van der Waals surface area (Å²) in [5, 5.41) is 29.8. The monoisotopic (exact) mass is 760 g/mol. The van der Waals surface area contributed by atoms with Crippen LogP contribution in [0.25, 0.3) is 0 Å². The third-order valence-corrected chi connectivity index (χ3v) is 10.4. The Morgan fingerprint density at radius 1 is 0.618 bits per heavy atom. The molecule has 16 nitrogen and oxygen atoms in total. The molecule has 3 aliphatic heterocycles. The van der Waals surface area contributed by atoms with Gasteiger partial charge in [-0.2, -0.15) is 0 Å². The van der Waals surface area contributed by atoms with E-state index < -0.39 is 90.4 Å². The van der Waals surface area contributed by atoms with Crippen LogP contribution < -0.4 is 21.3 Å². The number of fused-ring (bicyclic) bond motifs is 1. The van der Waals surface area contributed by atoms with Gasteiger partial charge in [-0.05, 0) is 55.6 Å². The van der Waals surface area contributed by atoms with E-state index in [4.69, 9.17) is 0 Å². The Morgan fingerprint density at radius 2 is 1.18 bits per heavy atom. The average Bonchev–Trinajstić information content (AvgIpc) is 3.66. The van der Waals surface area contributed by atoms with Crippen molar-refractivity contribution in [3.8, 4) is 0 Å². The molecule has 3 aliphatic rings. The van der Waals surface area contributed by atoms with E-state index in [1.165, 1.54) is 10.5 Å². The van der Waals surface area contributed by atoms with Crippen LogP contribution in [0.1, 0.15) is 62.5 Å². The molecule has 5 rings (SSSR count). The molecule has 6 amide bonds. The third-order valence-electron chi connectivity index (χ3n) is 10.4. The predicted molar refractivity (Wildman–Crippen MR) is 196 cm³/mol. The lowest BCUT2D eigenvalue weighted by atomic mass is 9.90. The fourth-order valence-electron chi connectivity index (χ4n) is 7.41. The molecule has 3 saturated heterocycles. The maximum atomic E-state index is 14.1. The van der Waals surface area contributed by atoms with Gasteiger partial charge in [0.2, 0.25) is 35.4 Å². The second kappa shape index (κ2) is 19.0. The van der Waals surface area contributed by atoms with Gasteiger partial charge in [0.05, 0.1) is 12.8 Å². The first kappa shape index (κ1) is 40.4. The van der Waals surface area contributed by atoms with Crippen LogP contribution in [0.2, 0.25) is 0 Å². The molecule has 0 saturated carbocycles. The Labute approximate surface area is 318 Å². The van der Waals surface area contributed by atoms with Crippen molar-refractivity contribution in [2.75, 3.05) is 19.6 Å². The molecule has 5 atom stereocenters. The molecular weight excluding hydrogens is 712 g/mol. The summed E-state index contributed by atoms with van der Waals surface area (Å²) in [5.41, 5.74) is 1.80. The number of carbonyl (C=O) groups is 8. The minimum atomic E-state index is -1.70. The quantitative estimate of drug-likeness (QED) is 0.227. The van der Waals surface area contributed by atoms with Crippen molar-refractivity contribution in [3.05, 3.63) is 71.8 Å². The lowest BCUT2D eigenvalue weighted by Gasteiger charge is -2.35. The Balaban J connectivity index is 1.41. The number of carbonyl (C=O) groups excluding carboxylic acids is 6. The number of nitrogens with one attached hydrogen (secondary N) is 4. The van der Waals surface area contributed by atoms with Crippen molar-refractivity contribution in [3.63, 3.8) is 0 Å². The van der Waals surface area contributed by atoms with Crippen LogP contribution >= 0.6 is 0 Å². The topological polar surface area (TPSA) is 232 Å². The molecule has 3 fully saturated rings. The molecule has 2 aromatic rings. The number of amides is 6. The molecule has 0 spiro atoms. The minimum absolute atomic E-state index is 0.0687. The zero-order valence-corrected chi connectivity index (χ0v) is 30.5. The molecule has 294 valence electrons. The predicted octanol–water partition coefficient (Wildman–Crippen LogP) is 0.384. The van der Waals surface area contributed by atoms with E-state index in [1.807, 2.05) is 30.3 Å². The van der Waals surface area contributed by atoms with Crippen molar-refractivity contribution in [2.24, 2.45) is 5.92 Å². The second-order valence-corrected chi connectivity index (χ2v) is 14.4. The number of piperidine rings is 1. The van der Waals surface area contributed by atoms with Gasteiger partial charge in [-0.1, -0.05) is 60.7 Å². The minimum Gasteiger partial charge on any atom is -0.480 e. The van der Waals surface area contributed by atoms with Crippen molar-refractivity contribution in [1.29, 1.82) is 0 Å². The number of nitrogens with zero attached hydrogens (tertiary/aromatic N) is 2.